The summed E-state index contributed by atoms with van der Waals surface area (Å²) in [6.45, 7) is 4.07. The molecule has 0 saturated carbocycles. The van der Waals surface area contributed by atoms with E-state index >= 15 is 0 Å². The zero-order valence-corrected chi connectivity index (χ0v) is 10.5. The van der Waals surface area contributed by atoms with Gasteiger partial charge in [0.1, 0.15) is 18.0 Å². The molecule has 0 amide bonds. The van der Waals surface area contributed by atoms with Crippen LogP contribution in [-0.4, -0.2) is 9.97 Å². The third-order valence-corrected chi connectivity index (χ3v) is 2.82. The first kappa shape index (κ1) is 12.5. The second-order valence-electron chi connectivity index (χ2n) is 4.17. The van der Waals surface area contributed by atoms with E-state index in [9.17, 15) is 4.39 Å². The maximum absolute atomic E-state index is 12.8. The molecule has 0 aliphatic heterocycles. The van der Waals surface area contributed by atoms with E-state index in [1.165, 1.54) is 12.1 Å². The summed E-state index contributed by atoms with van der Waals surface area (Å²) in [7, 11) is 0. The molecule has 1 atom stereocenters. The number of nitrogens with one attached hydrogen (secondary N) is 1. The Bertz CT molecular complexity index is 511. The van der Waals surface area contributed by atoms with Gasteiger partial charge in [0.2, 0.25) is 0 Å². The minimum absolute atomic E-state index is 0.0743. The molecule has 1 heterocycles. The van der Waals surface area contributed by atoms with E-state index in [4.69, 9.17) is 0 Å². The van der Waals surface area contributed by atoms with E-state index < -0.39 is 0 Å². The topological polar surface area (TPSA) is 37.8 Å². The lowest BCUT2D eigenvalue weighted by Crippen LogP contribution is -2.08. The SMILES string of the molecule is CCc1cc(NC(C)c2ccc(F)cc2)ncn1. The van der Waals surface area contributed by atoms with Crippen LogP contribution in [0.3, 0.4) is 0 Å². The maximum Gasteiger partial charge on any atom is 0.130 e. The van der Waals surface area contributed by atoms with Gasteiger partial charge in [-0.15, -0.1) is 0 Å². The lowest BCUT2D eigenvalue weighted by molar-refractivity contribution is 0.626. The highest BCUT2D eigenvalue weighted by Gasteiger charge is 2.06. The van der Waals surface area contributed by atoms with Gasteiger partial charge >= 0.3 is 0 Å². The summed E-state index contributed by atoms with van der Waals surface area (Å²) in [5.74, 6) is 0.569. The molecule has 94 valence electrons. The number of hydrogen-bond donors (Lipinski definition) is 1. The molecule has 0 saturated heterocycles. The van der Waals surface area contributed by atoms with Gasteiger partial charge in [-0.25, -0.2) is 14.4 Å². The molecule has 0 aliphatic carbocycles. The van der Waals surface area contributed by atoms with Crippen molar-refractivity contribution in [1.82, 2.24) is 9.97 Å². The summed E-state index contributed by atoms with van der Waals surface area (Å²) >= 11 is 0. The van der Waals surface area contributed by atoms with Crippen molar-refractivity contribution in [2.75, 3.05) is 5.32 Å². The molecule has 0 spiro atoms. The van der Waals surface area contributed by atoms with Crippen molar-refractivity contribution in [3.05, 3.63) is 53.7 Å². The highest BCUT2D eigenvalue weighted by atomic mass is 19.1. The number of aryl methyl sites for hydroxylation is 1. The summed E-state index contributed by atoms with van der Waals surface area (Å²) < 4.78 is 12.8. The Morgan fingerprint density at radius 1 is 1.22 bits per heavy atom. The van der Waals surface area contributed by atoms with Crippen molar-refractivity contribution in [2.45, 2.75) is 26.3 Å². The molecule has 4 heteroatoms. The summed E-state index contributed by atoms with van der Waals surface area (Å²) in [6.07, 6.45) is 2.43. The smallest absolute Gasteiger partial charge is 0.130 e. The van der Waals surface area contributed by atoms with Crippen LogP contribution < -0.4 is 5.32 Å². The van der Waals surface area contributed by atoms with Crippen LogP contribution in [0, 0.1) is 5.82 Å². The summed E-state index contributed by atoms with van der Waals surface area (Å²) in [4.78, 5) is 8.32. The first-order chi connectivity index (χ1) is 8.69. The van der Waals surface area contributed by atoms with Crippen LogP contribution in [0.4, 0.5) is 10.2 Å². The van der Waals surface area contributed by atoms with Crippen molar-refractivity contribution < 1.29 is 4.39 Å². The Balaban J connectivity index is 2.10. The number of aromatic nitrogens is 2. The minimum Gasteiger partial charge on any atom is -0.363 e. The molecule has 1 aromatic heterocycles. The quantitative estimate of drug-likeness (QED) is 0.897. The molecule has 1 unspecified atom stereocenters. The monoisotopic (exact) mass is 245 g/mol. The molecule has 2 aromatic rings. The van der Waals surface area contributed by atoms with Crippen LogP contribution in [0.25, 0.3) is 0 Å². The van der Waals surface area contributed by atoms with Gasteiger partial charge in [-0.2, -0.15) is 0 Å². The Kier molecular flexibility index (Phi) is 3.87. The fourth-order valence-electron chi connectivity index (χ4n) is 1.73. The summed E-state index contributed by atoms with van der Waals surface area (Å²) in [5, 5.41) is 3.28. The van der Waals surface area contributed by atoms with Crippen molar-refractivity contribution in [3.8, 4) is 0 Å². The van der Waals surface area contributed by atoms with Crippen molar-refractivity contribution >= 4 is 5.82 Å². The predicted octanol–water partition coefficient (Wildman–Crippen LogP) is 3.35. The van der Waals surface area contributed by atoms with Crippen LogP contribution in [-0.2, 0) is 6.42 Å². The largest absolute Gasteiger partial charge is 0.363 e. The number of nitrogens with zero attached hydrogens (tertiary/aromatic N) is 2. The molecule has 1 aromatic carbocycles. The van der Waals surface area contributed by atoms with E-state index in [1.807, 2.05) is 13.0 Å². The van der Waals surface area contributed by atoms with Gasteiger partial charge in [0.25, 0.3) is 0 Å². The van der Waals surface area contributed by atoms with Gasteiger partial charge in [-0.3, -0.25) is 0 Å². The normalized spacial score (nSPS) is 12.2. The summed E-state index contributed by atoms with van der Waals surface area (Å²) in [6, 6.07) is 8.48. The Morgan fingerprint density at radius 2 is 1.94 bits per heavy atom. The number of benzene rings is 1. The van der Waals surface area contributed by atoms with Crippen molar-refractivity contribution in [1.29, 1.82) is 0 Å². The average Bonchev–Trinajstić information content (AvgIpc) is 2.39. The molecule has 0 radical (unpaired) electrons. The molecule has 0 aliphatic rings. The fraction of sp³-hybridized carbons (Fsp3) is 0.286. The molecular weight excluding hydrogens is 229 g/mol. The molecule has 2 rings (SSSR count). The first-order valence-electron chi connectivity index (χ1n) is 6.02. The zero-order valence-electron chi connectivity index (χ0n) is 10.5. The summed E-state index contributed by atoms with van der Waals surface area (Å²) in [5.41, 5.74) is 2.02. The van der Waals surface area contributed by atoms with Gasteiger partial charge in [0.05, 0.1) is 0 Å². The number of halogens is 1. The molecule has 18 heavy (non-hydrogen) atoms. The van der Waals surface area contributed by atoms with Crippen LogP contribution in [0.1, 0.15) is 31.1 Å². The lowest BCUT2D eigenvalue weighted by Gasteiger charge is -2.15. The first-order valence-corrected chi connectivity index (χ1v) is 6.02. The molecular formula is C14H16FN3. The third kappa shape index (κ3) is 3.03. The molecule has 0 fully saturated rings. The van der Waals surface area contributed by atoms with Gasteiger partial charge in [0, 0.05) is 17.8 Å². The van der Waals surface area contributed by atoms with E-state index in [-0.39, 0.29) is 11.9 Å². The lowest BCUT2D eigenvalue weighted by atomic mass is 10.1. The fourth-order valence-corrected chi connectivity index (χ4v) is 1.73. The average molecular weight is 245 g/mol. The highest BCUT2D eigenvalue weighted by molar-refractivity contribution is 5.38. The minimum atomic E-state index is -0.221. The van der Waals surface area contributed by atoms with Crippen molar-refractivity contribution in [3.63, 3.8) is 0 Å². The van der Waals surface area contributed by atoms with E-state index in [1.54, 1.807) is 18.5 Å². The number of anilines is 1. The Labute approximate surface area is 106 Å². The molecule has 0 bridgehead atoms. The third-order valence-electron chi connectivity index (χ3n) is 2.82. The molecule has 1 N–H and O–H groups in total. The molecule has 3 nitrogen and oxygen atoms in total. The predicted molar refractivity (Wildman–Crippen MR) is 69.8 cm³/mol. The van der Waals surface area contributed by atoms with Crippen LogP contribution in [0.5, 0.6) is 0 Å². The second-order valence-corrected chi connectivity index (χ2v) is 4.17. The van der Waals surface area contributed by atoms with Gasteiger partial charge in [-0.05, 0) is 31.0 Å². The van der Waals surface area contributed by atoms with Gasteiger partial charge in [-0.1, -0.05) is 19.1 Å². The second kappa shape index (κ2) is 5.58. The van der Waals surface area contributed by atoms with Crippen LogP contribution in [0.2, 0.25) is 0 Å². The van der Waals surface area contributed by atoms with Crippen LogP contribution >= 0.6 is 0 Å². The van der Waals surface area contributed by atoms with E-state index in [0.717, 1.165) is 23.5 Å². The van der Waals surface area contributed by atoms with Crippen LogP contribution in [0.15, 0.2) is 36.7 Å². The van der Waals surface area contributed by atoms with E-state index in [2.05, 4.69) is 22.2 Å². The Morgan fingerprint density at radius 3 is 2.61 bits per heavy atom. The highest BCUT2D eigenvalue weighted by Crippen LogP contribution is 2.18. The number of rotatable bonds is 4. The number of hydrogen-bond acceptors (Lipinski definition) is 3. The van der Waals surface area contributed by atoms with E-state index in [0.29, 0.717) is 0 Å². The van der Waals surface area contributed by atoms with Gasteiger partial charge in [0.15, 0.2) is 0 Å². The van der Waals surface area contributed by atoms with Crippen molar-refractivity contribution in [2.24, 2.45) is 0 Å². The van der Waals surface area contributed by atoms with Gasteiger partial charge < -0.3 is 5.32 Å². The maximum atomic E-state index is 12.8. The zero-order chi connectivity index (χ0) is 13.0. The Hall–Kier alpha value is -1.97. The standard InChI is InChI=1S/C14H16FN3/c1-3-13-8-14(17-9-16-13)18-10(2)11-4-6-12(15)7-5-11/h4-10H,3H2,1-2H3,(H,16,17,18).